The molecule has 0 spiro atoms. The average Bonchev–Trinajstić information content (AvgIpc) is 1.87. The standard InChI is InChI=1S/C7H11NO/c1-4-5-7(9)6(2)8-3/h2-5H2,1H3. The van der Waals surface area contributed by atoms with E-state index in [2.05, 4.69) is 18.3 Å². The van der Waals surface area contributed by atoms with Gasteiger partial charge in [0.05, 0.1) is 5.70 Å². The molecule has 0 aromatic rings. The predicted octanol–water partition coefficient (Wildman–Crippen LogP) is 1.57. The SMILES string of the molecule is C=NC(=C)C(=O)CCC. The third-order valence-corrected chi connectivity index (χ3v) is 0.990. The molecule has 0 bridgehead atoms. The summed E-state index contributed by atoms with van der Waals surface area (Å²) in [5.41, 5.74) is 0.275. The lowest BCUT2D eigenvalue weighted by molar-refractivity contribution is -0.115. The molecule has 0 aliphatic heterocycles. The smallest absolute Gasteiger partial charge is 0.180 e. The van der Waals surface area contributed by atoms with Gasteiger partial charge >= 0.3 is 0 Å². The highest BCUT2D eigenvalue weighted by Gasteiger charge is 2.00. The number of ketones is 1. The maximum atomic E-state index is 10.7. The number of hydrogen-bond acceptors (Lipinski definition) is 2. The number of carbonyl (C=O) groups excluding carboxylic acids is 1. The molecule has 0 aliphatic carbocycles. The molecular weight excluding hydrogens is 114 g/mol. The van der Waals surface area contributed by atoms with Crippen molar-refractivity contribution < 1.29 is 4.79 Å². The van der Waals surface area contributed by atoms with Crippen molar-refractivity contribution in [3.63, 3.8) is 0 Å². The van der Waals surface area contributed by atoms with E-state index in [1.807, 2.05) is 6.92 Å². The Morgan fingerprint density at radius 1 is 1.67 bits per heavy atom. The fourth-order valence-electron chi connectivity index (χ4n) is 0.460. The second kappa shape index (κ2) is 4.01. The molecule has 2 nitrogen and oxygen atoms in total. The summed E-state index contributed by atoms with van der Waals surface area (Å²) in [5.74, 6) is -0.00694. The summed E-state index contributed by atoms with van der Waals surface area (Å²) in [4.78, 5) is 14.2. The quantitative estimate of drug-likeness (QED) is 0.414. The van der Waals surface area contributed by atoms with E-state index in [0.29, 0.717) is 6.42 Å². The molecule has 0 N–H and O–H groups in total. The van der Waals surface area contributed by atoms with Crippen molar-refractivity contribution in [2.24, 2.45) is 4.99 Å². The third-order valence-electron chi connectivity index (χ3n) is 0.990. The summed E-state index contributed by atoms with van der Waals surface area (Å²) < 4.78 is 0. The minimum Gasteiger partial charge on any atom is -0.292 e. The molecule has 0 aliphatic rings. The summed E-state index contributed by atoms with van der Waals surface area (Å²) >= 11 is 0. The molecule has 50 valence electrons. The van der Waals surface area contributed by atoms with Gasteiger partial charge in [-0.15, -0.1) is 0 Å². The number of carbonyl (C=O) groups is 1. The molecule has 0 rings (SSSR count). The van der Waals surface area contributed by atoms with Crippen LogP contribution in [0.2, 0.25) is 0 Å². The Labute approximate surface area is 55.3 Å². The van der Waals surface area contributed by atoms with Crippen LogP contribution in [0.25, 0.3) is 0 Å². The van der Waals surface area contributed by atoms with Crippen LogP contribution in [0.15, 0.2) is 17.3 Å². The molecule has 2 heteroatoms. The minimum absolute atomic E-state index is 0.00694. The van der Waals surface area contributed by atoms with Gasteiger partial charge in [-0.1, -0.05) is 13.5 Å². The summed E-state index contributed by atoms with van der Waals surface area (Å²) in [6.45, 7) is 8.55. The van der Waals surface area contributed by atoms with Crippen LogP contribution in [0, 0.1) is 0 Å². The van der Waals surface area contributed by atoms with E-state index in [9.17, 15) is 4.79 Å². The molecule has 0 aromatic carbocycles. The molecule has 0 aromatic heterocycles. The number of aliphatic imine (C=N–C) groups is 1. The second-order valence-electron chi connectivity index (χ2n) is 1.78. The van der Waals surface area contributed by atoms with E-state index in [0.717, 1.165) is 6.42 Å². The maximum Gasteiger partial charge on any atom is 0.180 e. The van der Waals surface area contributed by atoms with Gasteiger partial charge in [0.1, 0.15) is 0 Å². The minimum atomic E-state index is -0.00694. The molecule has 0 saturated heterocycles. The zero-order chi connectivity index (χ0) is 7.28. The number of hydrogen-bond donors (Lipinski definition) is 0. The second-order valence-corrected chi connectivity index (χ2v) is 1.78. The van der Waals surface area contributed by atoms with Crippen LogP contribution in [0.3, 0.4) is 0 Å². The van der Waals surface area contributed by atoms with Gasteiger partial charge in [-0.2, -0.15) is 0 Å². The van der Waals surface area contributed by atoms with Gasteiger partial charge in [0.2, 0.25) is 0 Å². The third kappa shape index (κ3) is 2.80. The van der Waals surface area contributed by atoms with Gasteiger partial charge in [-0.25, -0.2) is 0 Å². The van der Waals surface area contributed by atoms with Gasteiger partial charge in [0.25, 0.3) is 0 Å². The van der Waals surface area contributed by atoms with Gasteiger partial charge in [-0.3, -0.25) is 9.79 Å². The fourth-order valence-corrected chi connectivity index (χ4v) is 0.460. The van der Waals surface area contributed by atoms with Crippen LogP contribution in [0.5, 0.6) is 0 Å². The molecule has 0 fully saturated rings. The lowest BCUT2D eigenvalue weighted by Crippen LogP contribution is -1.96. The van der Waals surface area contributed by atoms with E-state index in [1.54, 1.807) is 0 Å². The Kier molecular flexibility index (Phi) is 3.60. The molecule has 0 unspecified atom stereocenters. The van der Waals surface area contributed by atoms with E-state index in [1.165, 1.54) is 0 Å². The van der Waals surface area contributed by atoms with Crippen molar-refractivity contribution >= 4 is 12.5 Å². The summed E-state index contributed by atoms with van der Waals surface area (Å²) in [5, 5.41) is 0. The Bertz CT molecular complexity index is 138. The number of nitrogens with zero attached hydrogens (tertiary/aromatic N) is 1. The first-order valence-electron chi connectivity index (χ1n) is 2.91. The lowest BCUT2D eigenvalue weighted by Gasteiger charge is -1.92. The van der Waals surface area contributed by atoms with E-state index in [4.69, 9.17) is 0 Å². The van der Waals surface area contributed by atoms with Gasteiger partial charge in [0.15, 0.2) is 5.78 Å². The summed E-state index contributed by atoms with van der Waals surface area (Å²) in [7, 11) is 0. The highest BCUT2D eigenvalue weighted by Crippen LogP contribution is 1.99. The van der Waals surface area contributed by atoms with Crippen molar-refractivity contribution in [1.82, 2.24) is 0 Å². The molecule has 0 amide bonds. The number of allylic oxidation sites excluding steroid dienone is 1. The van der Waals surface area contributed by atoms with Crippen LogP contribution in [-0.4, -0.2) is 12.5 Å². The first kappa shape index (κ1) is 8.08. The predicted molar refractivity (Wildman–Crippen MR) is 38.6 cm³/mol. The van der Waals surface area contributed by atoms with Crippen molar-refractivity contribution in [2.75, 3.05) is 0 Å². The van der Waals surface area contributed by atoms with Gasteiger partial charge in [-0.05, 0) is 13.1 Å². The highest BCUT2D eigenvalue weighted by atomic mass is 16.1. The number of Topliss-reactive ketones (excluding diaryl/α,β-unsaturated/α-hetero) is 1. The fraction of sp³-hybridized carbons (Fsp3) is 0.429. The molecular formula is C7H11NO. The van der Waals surface area contributed by atoms with E-state index >= 15 is 0 Å². The van der Waals surface area contributed by atoms with Crippen LogP contribution in [0.1, 0.15) is 19.8 Å². The highest BCUT2D eigenvalue weighted by molar-refractivity contribution is 5.94. The zero-order valence-electron chi connectivity index (χ0n) is 5.68. The van der Waals surface area contributed by atoms with E-state index < -0.39 is 0 Å². The van der Waals surface area contributed by atoms with Crippen LogP contribution in [0.4, 0.5) is 0 Å². The molecule has 0 heterocycles. The average molecular weight is 125 g/mol. The van der Waals surface area contributed by atoms with Crippen LogP contribution in [-0.2, 0) is 4.79 Å². The summed E-state index contributed by atoms with van der Waals surface area (Å²) in [6, 6.07) is 0. The number of rotatable bonds is 4. The first-order chi connectivity index (χ1) is 4.22. The monoisotopic (exact) mass is 125 g/mol. The largest absolute Gasteiger partial charge is 0.292 e. The molecule has 0 saturated carbocycles. The van der Waals surface area contributed by atoms with Crippen LogP contribution >= 0.6 is 0 Å². The Hall–Kier alpha value is -0.920. The normalized spacial score (nSPS) is 8.56. The Morgan fingerprint density at radius 3 is 2.56 bits per heavy atom. The maximum absolute atomic E-state index is 10.7. The Balaban J connectivity index is 3.73. The molecule has 9 heavy (non-hydrogen) atoms. The zero-order valence-corrected chi connectivity index (χ0v) is 5.68. The Morgan fingerprint density at radius 2 is 2.22 bits per heavy atom. The lowest BCUT2D eigenvalue weighted by atomic mass is 10.2. The first-order valence-corrected chi connectivity index (χ1v) is 2.91. The topological polar surface area (TPSA) is 29.4 Å². The summed E-state index contributed by atoms with van der Waals surface area (Å²) in [6.07, 6.45) is 1.37. The van der Waals surface area contributed by atoms with E-state index in [-0.39, 0.29) is 11.5 Å². The van der Waals surface area contributed by atoms with Gasteiger partial charge in [0, 0.05) is 6.42 Å². The van der Waals surface area contributed by atoms with Crippen molar-refractivity contribution in [3.8, 4) is 0 Å². The van der Waals surface area contributed by atoms with Crippen LogP contribution < -0.4 is 0 Å². The van der Waals surface area contributed by atoms with Crippen molar-refractivity contribution in [2.45, 2.75) is 19.8 Å². The molecule has 0 atom stereocenters. The van der Waals surface area contributed by atoms with Crippen molar-refractivity contribution in [3.05, 3.63) is 12.3 Å². The van der Waals surface area contributed by atoms with Gasteiger partial charge < -0.3 is 0 Å². The van der Waals surface area contributed by atoms with Crippen molar-refractivity contribution in [1.29, 1.82) is 0 Å². The molecule has 0 radical (unpaired) electrons.